The molecule has 29 heavy (non-hydrogen) atoms. The lowest BCUT2D eigenvalue weighted by molar-refractivity contribution is 0.154. The molecule has 7 heteroatoms. The van der Waals surface area contributed by atoms with Crippen LogP contribution in [0, 0.1) is 0 Å². The number of β-amino-alcohol motifs (C(OH)–C–C–N with tert-alkyl or cyclic N) is 1. The Morgan fingerprint density at radius 3 is 2.55 bits per heavy atom. The van der Waals surface area contributed by atoms with Crippen LogP contribution in [-0.4, -0.2) is 52.3 Å². The number of pyridine rings is 1. The smallest absolute Gasteiger partial charge is 0.224 e. The molecule has 2 aliphatic heterocycles. The molecule has 2 fully saturated rings. The first kappa shape index (κ1) is 19.9. The average molecular weight is 397 g/mol. The second kappa shape index (κ2) is 9.87. The van der Waals surface area contributed by atoms with Gasteiger partial charge in [-0.25, -0.2) is 9.97 Å². The number of nitrogens with one attached hydrogen (secondary N) is 1. The van der Waals surface area contributed by atoms with Gasteiger partial charge >= 0.3 is 0 Å². The molecule has 156 valence electrons. The van der Waals surface area contributed by atoms with Gasteiger partial charge < -0.3 is 20.2 Å². The third-order valence-corrected chi connectivity index (χ3v) is 5.82. The van der Waals surface area contributed by atoms with Gasteiger partial charge in [0.15, 0.2) is 0 Å². The summed E-state index contributed by atoms with van der Waals surface area (Å²) in [7, 11) is 0. The summed E-state index contributed by atoms with van der Waals surface area (Å²) in [4.78, 5) is 18.3. The van der Waals surface area contributed by atoms with Crippen molar-refractivity contribution >= 4 is 17.6 Å². The van der Waals surface area contributed by atoms with Crippen LogP contribution in [0.2, 0.25) is 0 Å². The highest BCUT2D eigenvalue weighted by Gasteiger charge is 2.19. The van der Waals surface area contributed by atoms with Crippen LogP contribution in [0.1, 0.15) is 50.5 Å². The SMILES string of the molecule is O[C@@H]1CCCN(c2ccnc(NCc3cccnc3N3CCCCCCC3)n2)C1. The minimum Gasteiger partial charge on any atom is -0.391 e. The minimum absolute atomic E-state index is 0.272. The highest BCUT2D eigenvalue weighted by molar-refractivity contribution is 5.49. The number of aromatic nitrogens is 3. The topological polar surface area (TPSA) is 77.4 Å². The van der Waals surface area contributed by atoms with Gasteiger partial charge in [0, 0.05) is 50.7 Å². The van der Waals surface area contributed by atoms with E-state index in [4.69, 9.17) is 4.98 Å². The predicted octanol–water partition coefficient (Wildman–Crippen LogP) is 3.22. The standard InChI is InChI=1S/C22H32N6O/c29-19-9-7-15-28(17-19)20-10-12-24-22(26-20)25-16-18-8-6-11-23-21(18)27-13-4-2-1-3-5-14-27/h6,8,10-12,19,29H,1-5,7,9,13-17H2,(H,24,25,26)/t19-/m1/s1. The average Bonchev–Trinajstić information content (AvgIpc) is 2.73. The predicted molar refractivity (Wildman–Crippen MR) is 116 cm³/mol. The highest BCUT2D eigenvalue weighted by Crippen LogP contribution is 2.23. The zero-order valence-electron chi connectivity index (χ0n) is 17.1. The molecule has 0 radical (unpaired) electrons. The van der Waals surface area contributed by atoms with Gasteiger partial charge in [-0.2, -0.15) is 4.98 Å². The molecule has 2 N–H and O–H groups in total. The first-order chi connectivity index (χ1) is 14.3. The van der Waals surface area contributed by atoms with Gasteiger partial charge in [-0.3, -0.25) is 0 Å². The Morgan fingerprint density at radius 2 is 1.72 bits per heavy atom. The summed E-state index contributed by atoms with van der Waals surface area (Å²) < 4.78 is 0. The Kier molecular flexibility index (Phi) is 6.77. The summed E-state index contributed by atoms with van der Waals surface area (Å²) in [6, 6.07) is 6.05. The molecule has 2 aromatic rings. The van der Waals surface area contributed by atoms with Crippen molar-refractivity contribution in [3.05, 3.63) is 36.2 Å². The van der Waals surface area contributed by atoms with E-state index in [9.17, 15) is 5.11 Å². The maximum Gasteiger partial charge on any atom is 0.224 e. The van der Waals surface area contributed by atoms with Crippen LogP contribution in [0.4, 0.5) is 17.6 Å². The number of rotatable bonds is 5. The van der Waals surface area contributed by atoms with Crippen molar-refractivity contribution in [3.8, 4) is 0 Å². The molecule has 0 aromatic carbocycles. The Hall–Kier alpha value is -2.41. The minimum atomic E-state index is -0.272. The first-order valence-electron chi connectivity index (χ1n) is 11.0. The molecule has 2 aliphatic rings. The normalized spacial score (nSPS) is 20.8. The van der Waals surface area contributed by atoms with Crippen molar-refractivity contribution in [1.82, 2.24) is 15.0 Å². The van der Waals surface area contributed by atoms with Crippen LogP contribution < -0.4 is 15.1 Å². The van der Waals surface area contributed by atoms with Gasteiger partial charge in [-0.1, -0.05) is 25.3 Å². The zero-order valence-corrected chi connectivity index (χ0v) is 17.1. The fourth-order valence-electron chi connectivity index (χ4n) is 4.26. The summed E-state index contributed by atoms with van der Waals surface area (Å²) in [6.45, 7) is 4.36. The van der Waals surface area contributed by atoms with Crippen molar-refractivity contribution in [2.24, 2.45) is 0 Å². The molecule has 0 bridgehead atoms. The zero-order chi connectivity index (χ0) is 19.9. The fourth-order valence-corrected chi connectivity index (χ4v) is 4.26. The van der Waals surface area contributed by atoms with E-state index in [0.29, 0.717) is 19.0 Å². The number of hydrogen-bond donors (Lipinski definition) is 2. The molecular formula is C22H32N6O. The Labute approximate surface area is 173 Å². The third-order valence-electron chi connectivity index (χ3n) is 5.82. The third kappa shape index (κ3) is 5.35. The maximum atomic E-state index is 9.94. The van der Waals surface area contributed by atoms with Crippen molar-refractivity contribution in [2.45, 2.75) is 57.6 Å². The number of nitrogens with zero attached hydrogens (tertiary/aromatic N) is 5. The highest BCUT2D eigenvalue weighted by atomic mass is 16.3. The Morgan fingerprint density at radius 1 is 0.931 bits per heavy atom. The van der Waals surface area contributed by atoms with Crippen LogP contribution in [0.3, 0.4) is 0 Å². The van der Waals surface area contributed by atoms with E-state index in [1.165, 1.54) is 37.7 Å². The quantitative estimate of drug-likeness (QED) is 0.803. The molecule has 0 unspecified atom stereocenters. The lowest BCUT2D eigenvalue weighted by Gasteiger charge is -2.31. The summed E-state index contributed by atoms with van der Waals surface area (Å²) in [5.41, 5.74) is 1.18. The summed E-state index contributed by atoms with van der Waals surface area (Å²) >= 11 is 0. The summed E-state index contributed by atoms with van der Waals surface area (Å²) in [5.74, 6) is 2.57. The number of piperidine rings is 1. The number of aliphatic hydroxyl groups excluding tert-OH is 1. The lowest BCUT2D eigenvalue weighted by atomic mass is 10.1. The molecule has 0 aliphatic carbocycles. The van der Waals surface area contributed by atoms with Gasteiger partial charge in [-0.15, -0.1) is 0 Å². The van der Waals surface area contributed by atoms with Crippen molar-refractivity contribution < 1.29 is 5.11 Å². The Balaban J connectivity index is 1.43. The van der Waals surface area contributed by atoms with E-state index in [1.807, 2.05) is 18.3 Å². The van der Waals surface area contributed by atoms with Gasteiger partial charge in [0.2, 0.25) is 5.95 Å². The molecular weight excluding hydrogens is 364 g/mol. The van der Waals surface area contributed by atoms with Crippen LogP contribution in [-0.2, 0) is 6.54 Å². The Bertz CT molecular complexity index is 777. The second-order valence-electron chi connectivity index (χ2n) is 8.08. The van der Waals surface area contributed by atoms with E-state index in [1.54, 1.807) is 6.20 Å². The van der Waals surface area contributed by atoms with Crippen LogP contribution in [0.25, 0.3) is 0 Å². The molecule has 2 saturated heterocycles. The number of aliphatic hydroxyl groups is 1. The van der Waals surface area contributed by atoms with Crippen molar-refractivity contribution in [1.29, 1.82) is 0 Å². The molecule has 2 aromatic heterocycles. The molecule has 0 saturated carbocycles. The molecule has 4 heterocycles. The summed E-state index contributed by atoms with van der Waals surface area (Å²) in [6.07, 6.45) is 11.7. The van der Waals surface area contributed by atoms with Crippen LogP contribution >= 0.6 is 0 Å². The van der Waals surface area contributed by atoms with Gasteiger partial charge in [0.05, 0.1) is 6.10 Å². The molecule has 7 nitrogen and oxygen atoms in total. The number of anilines is 3. The molecule has 0 amide bonds. The monoisotopic (exact) mass is 396 g/mol. The van der Waals surface area contributed by atoms with Crippen LogP contribution in [0.15, 0.2) is 30.6 Å². The van der Waals surface area contributed by atoms with E-state index in [2.05, 4.69) is 31.2 Å². The molecule has 0 spiro atoms. The largest absolute Gasteiger partial charge is 0.391 e. The second-order valence-corrected chi connectivity index (χ2v) is 8.08. The van der Waals surface area contributed by atoms with Crippen LogP contribution in [0.5, 0.6) is 0 Å². The lowest BCUT2D eigenvalue weighted by Crippen LogP contribution is -2.38. The first-order valence-corrected chi connectivity index (χ1v) is 11.0. The van der Waals surface area contributed by atoms with Crippen molar-refractivity contribution in [3.63, 3.8) is 0 Å². The van der Waals surface area contributed by atoms with Gasteiger partial charge in [0.1, 0.15) is 11.6 Å². The maximum absolute atomic E-state index is 9.94. The molecule has 1 atom stereocenters. The van der Waals surface area contributed by atoms with E-state index in [-0.39, 0.29) is 6.10 Å². The van der Waals surface area contributed by atoms with Gasteiger partial charge in [0.25, 0.3) is 0 Å². The van der Waals surface area contributed by atoms with E-state index < -0.39 is 0 Å². The van der Waals surface area contributed by atoms with Crippen molar-refractivity contribution in [2.75, 3.05) is 41.3 Å². The number of hydrogen-bond acceptors (Lipinski definition) is 7. The fraction of sp³-hybridized carbons (Fsp3) is 0.591. The summed E-state index contributed by atoms with van der Waals surface area (Å²) in [5, 5.41) is 13.3. The van der Waals surface area contributed by atoms with E-state index >= 15 is 0 Å². The van der Waals surface area contributed by atoms with Gasteiger partial charge in [-0.05, 0) is 37.8 Å². The van der Waals surface area contributed by atoms with E-state index in [0.717, 1.165) is 44.1 Å². The molecule has 4 rings (SSSR count).